The number of hydrogen-bond acceptors (Lipinski definition) is 2. The van der Waals surface area contributed by atoms with Crippen LogP contribution in [0.2, 0.25) is 0 Å². The van der Waals surface area contributed by atoms with Crippen LogP contribution in [0.1, 0.15) is 45.4 Å². The van der Waals surface area contributed by atoms with E-state index in [1.54, 1.807) is 0 Å². The maximum Gasteiger partial charge on any atom is 0.0963 e. The van der Waals surface area contributed by atoms with Crippen LogP contribution in [-0.2, 0) is 0 Å². The predicted molar refractivity (Wildman–Crippen MR) is 60.7 cm³/mol. The molecule has 0 saturated heterocycles. The van der Waals surface area contributed by atoms with Crippen LogP contribution in [0.4, 0.5) is 0 Å². The molecule has 2 heteroatoms. The summed E-state index contributed by atoms with van der Waals surface area (Å²) in [5.74, 6) is 3.12. The van der Waals surface area contributed by atoms with Crippen LogP contribution >= 0.6 is 0 Å². The molecule has 0 radical (unpaired) electrons. The van der Waals surface area contributed by atoms with Crippen LogP contribution in [-0.4, -0.2) is 18.9 Å². The molecule has 0 amide bonds. The molecule has 1 N–H and O–H groups in total. The van der Waals surface area contributed by atoms with Crippen LogP contribution in [0.5, 0.6) is 0 Å². The Bertz CT molecular complexity index is 210. The van der Waals surface area contributed by atoms with Crippen molar-refractivity contribution in [1.82, 2.24) is 5.32 Å². The van der Waals surface area contributed by atoms with Gasteiger partial charge in [-0.2, -0.15) is 0 Å². The highest BCUT2D eigenvalue weighted by Crippen LogP contribution is 2.27. The van der Waals surface area contributed by atoms with Gasteiger partial charge >= 0.3 is 0 Å². The summed E-state index contributed by atoms with van der Waals surface area (Å²) in [4.78, 5) is 4.44. The minimum Gasteiger partial charge on any atom is -0.374 e. The lowest BCUT2D eigenvalue weighted by molar-refractivity contribution is 0.282. The minimum absolute atomic E-state index is 0.905. The molecule has 2 atom stereocenters. The zero-order valence-corrected chi connectivity index (χ0v) is 9.26. The fraction of sp³-hybridized carbons (Fsp3) is 0.917. The van der Waals surface area contributed by atoms with Crippen LogP contribution in [0.25, 0.3) is 0 Å². The Morgan fingerprint density at radius 2 is 2.29 bits per heavy atom. The van der Waals surface area contributed by atoms with Crippen LogP contribution in [0.3, 0.4) is 0 Å². The summed E-state index contributed by atoms with van der Waals surface area (Å²) in [6.07, 6.45) is 8.15. The van der Waals surface area contributed by atoms with E-state index < -0.39 is 0 Å². The van der Waals surface area contributed by atoms with Gasteiger partial charge in [-0.25, -0.2) is 0 Å². The van der Waals surface area contributed by atoms with Crippen LogP contribution in [0.15, 0.2) is 4.99 Å². The summed E-state index contributed by atoms with van der Waals surface area (Å²) < 4.78 is 0. The number of hydrogen-bond donors (Lipinski definition) is 1. The quantitative estimate of drug-likeness (QED) is 0.718. The fourth-order valence-electron chi connectivity index (χ4n) is 2.69. The third kappa shape index (κ3) is 2.73. The largest absolute Gasteiger partial charge is 0.374 e. The van der Waals surface area contributed by atoms with E-state index in [0.717, 1.165) is 18.4 Å². The second kappa shape index (κ2) is 4.81. The minimum atomic E-state index is 0.905. The summed E-state index contributed by atoms with van der Waals surface area (Å²) in [5.41, 5.74) is 0. The Balaban J connectivity index is 1.69. The molecular formula is C12H22N2. The number of amidine groups is 1. The molecule has 0 spiro atoms. The third-order valence-corrected chi connectivity index (χ3v) is 3.51. The maximum absolute atomic E-state index is 4.44. The van der Waals surface area contributed by atoms with Crippen molar-refractivity contribution in [3.05, 3.63) is 0 Å². The second-order valence-electron chi connectivity index (χ2n) is 4.95. The third-order valence-electron chi connectivity index (χ3n) is 3.51. The Labute approximate surface area is 87.2 Å². The molecule has 2 rings (SSSR count). The Kier molecular flexibility index (Phi) is 3.44. The second-order valence-corrected chi connectivity index (χ2v) is 4.95. The molecule has 1 fully saturated rings. The summed E-state index contributed by atoms with van der Waals surface area (Å²) in [6, 6.07) is 0. The van der Waals surface area contributed by atoms with Gasteiger partial charge in [0.1, 0.15) is 0 Å². The Morgan fingerprint density at radius 1 is 1.36 bits per heavy atom. The van der Waals surface area contributed by atoms with Gasteiger partial charge in [-0.15, -0.1) is 0 Å². The van der Waals surface area contributed by atoms with Crippen LogP contribution in [0, 0.1) is 11.8 Å². The van der Waals surface area contributed by atoms with E-state index in [0.29, 0.717) is 0 Å². The standard InChI is InChI=1S/C12H22N2/c1-10-4-2-5-11(8-10)9-14-12-6-3-7-13-12/h10-11H,2-9H2,1H3,(H,13,14). The van der Waals surface area contributed by atoms with E-state index in [1.807, 2.05) is 0 Å². The SMILES string of the molecule is CC1CCCC(CNC2=NCCC2)C1. The number of nitrogens with one attached hydrogen (secondary N) is 1. The highest BCUT2D eigenvalue weighted by atomic mass is 15.0. The van der Waals surface area contributed by atoms with Gasteiger partial charge in [-0.05, 0) is 31.1 Å². The van der Waals surface area contributed by atoms with Crippen molar-refractivity contribution in [3.63, 3.8) is 0 Å². The molecule has 2 unspecified atom stereocenters. The first kappa shape index (κ1) is 10.0. The molecule has 0 aromatic heterocycles. The lowest BCUT2D eigenvalue weighted by Gasteiger charge is -2.27. The van der Waals surface area contributed by atoms with E-state index >= 15 is 0 Å². The van der Waals surface area contributed by atoms with Gasteiger partial charge in [0.25, 0.3) is 0 Å². The van der Waals surface area contributed by atoms with E-state index in [2.05, 4.69) is 17.2 Å². The number of aliphatic imine (C=N–C) groups is 1. The Morgan fingerprint density at radius 3 is 3.00 bits per heavy atom. The predicted octanol–water partition coefficient (Wildman–Crippen LogP) is 2.59. The van der Waals surface area contributed by atoms with Gasteiger partial charge in [0.2, 0.25) is 0 Å². The maximum atomic E-state index is 4.44. The average Bonchev–Trinajstić information content (AvgIpc) is 2.67. The summed E-state index contributed by atoms with van der Waals surface area (Å²) in [6.45, 7) is 4.60. The zero-order valence-electron chi connectivity index (χ0n) is 9.26. The first-order chi connectivity index (χ1) is 6.84. The first-order valence-electron chi connectivity index (χ1n) is 6.12. The monoisotopic (exact) mass is 194 g/mol. The molecule has 1 aliphatic heterocycles. The molecule has 1 aliphatic carbocycles. The molecule has 0 aromatic rings. The van der Waals surface area contributed by atoms with E-state index in [-0.39, 0.29) is 0 Å². The van der Waals surface area contributed by atoms with Gasteiger partial charge < -0.3 is 5.32 Å². The fourth-order valence-corrected chi connectivity index (χ4v) is 2.69. The summed E-state index contributed by atoms with van der Waals surface area (Å²) in [7, 11) is 0. The topological polar surface area (TPSA) is 24.4 Å². The van der Waals surface area contributed by atoms with Crippen LogP contribution < -0.4 is 5.32 Å². The van der Waals surface area contributed by atoms with E-state index in [9.17, 15) is 0 Å². The normalized spacial score (nSPS) is 32.8. The lowest BCUT2D eigenvalue weighted by atomic mass is 9.82. The molecule has 0 bridgehead atoms. The van der Waals surface area contributed by atoms with Crippen molar-refractivity contribution in [3.8, 4) is 0 Å². The van der Waals surface area contributed by atoms with E-state index in [1.165, 1.54) is 50.9 Å². The lowest BCUT2D eigenvalue weighted by Crippen LogP contribution is -2.30. The molecular weight excluding hydrogens is 172 g/mol. The summed E-state index contributed by atoms with van der Waals surface area (Å²) >= 11 is 0. The van der Waals surface area contributed by atoms with Crippen molar-refractivity contribution in [2.24, 2.45) is 16.8 Å². The van der Waals surface area contributed by atoms with Crippen molar-refractivity contribution in [2.75, 3.05) is 13.1 Å². The molecule has 1 saturated carbocycles. The zero-order chi connectivity index (χ0) is 9.80. The summed E-state index contributed by atoms with van der Waals surface area (Å²) in [5, 5.41) is 3.52. The van der Waals surface area contributed by atoms with Gasteiger partial charge in [0.15, 0.2) is 0 Å². The van der Waals surface area contributed by atoms with Gasteiger partial charge in [0.05, 0.1) is 5.84 Å². The average molecular weight is 194 g/mol. The van der Waals surface area contributed by atoms with Gasteiger partial charge in [0, 0.05) is 19.5 Å². The van der Waals surface area contributed by atoms with Gasteiger partial charge in [-0.1, -0.05) is 19.8 Å². The van der Waals surface area contributed by atoms with Gasteiger partial charge in [-0.3, -0.25) is 4.99 Å². The van der Waals surface area contributed by atoms with Crippen molar-refractivity contribution >= 4 is 5.84 Å². The smallest absolute Gasteiger partial charge is 0.0963 e. The first-order valence-corrected chi connectivity index (χ1v) is 6.12. The van der Waals surface area contributed by atoms with Crippen molar-refractivity contribution < 1.29 is 0 Å². The number of rotatable bonds is 2. The van der Waals surface area contributed by atoms with Crippen molar-refractivity contribution in [1.29, 1.82) is 0 Å². The highest BCUT2D eigenvalue weighted by molar-refractivity contribution is 5.83. The molecule has 1 heterocycles. The highest BCUT2D eigenvalue weighted by Gasteiger charge is 2.19. The molecule has 14 heavy (non-hydrogen) atoms. The molecule has 80 valence electrons. The molecule has 2 nitrogen and oxygen atoms in total. The Hall–Kier alpha value is -0.530. The molecule has 2 aliphatic rings. The number of nitrogens with zero attached hydrogens (tertiary/aromatic N) is 1. The van der Waals surface area contributed by atoms with Crippen molar-refractivity contribution in [2.45, 2.75) is 45.4 Å². The molecule has 0 aromatic carbocycles. The van der Waals surface area contributed by atoms with E-state index in [4.69, 9.17) is 0 Å².